The first kappa shape index (κ1) is 8.76. The van der Waals surface area contributed by atoms with Crippen LogP contribution in [0.3, 0.4) is 0 Å². The molecule has 0 radical (unpaired) electrons. The van der Waals surface area contributed by atoms with Gasteiger partial charge in [-0.3, -0.25) is 0 Å². The zero-order valence-electron chi connectivity index (χ0n) is 6.85. The molecule has 12 heavy (non-hydrogen) atoms. The van der Waals surface area contributed by atoms with Crippen LogP contribution in [0.15, 0.2) is 30.3 Å². The summed E-state index contributed by atoms with van der Waals surface area (Å²) < 4.78 is 0.133. The van der Waals surface area contributed by atoms with Gasteiger partial charge in [-0.05, 0) is 12.0 Å². The molecule has 0 unspecified atom stereocenters. The largest absolute Gasteiger partial charge is 0.0908 e. The molecule has 1 saturated carbocycles. The predicted molar refractivity (Wildman–Crippen MR) is 59.0 cm³/mol. The van der Waals surface area contributed by atoms with Crippen LogP contribution in [0.2, 0.25) is 0 Å². The normalized spacial score (nSPS) is 31.6. The van der Waals surface area contributed by atoms with Gasteiger partial charge in [-0.25, -0.2) is 0 Å². The molecule has 0 saturated heterocycles. The van der Waals surface area contributed by atoms with Crippen molar-refractivity contribution in [3.05, 3.63) is 35.9 Å². The van der Waals surface area contributed by atoms with Crippen LogP contribution in [0.25, 0.3) is 0 Å². The summed E-state index contributed by atoms with van der Waals surface area (Å²) in [5.74, 6) is 0. The van der Waals surface area contributed by atoms with Crippen molar-refractivity contribution in [2.75, 3.05) is 0 Å². The third-order valence-electron chi connectivity index (χ3n) is 2.67. The van der Waals surface area contributed by atoms with Crippen LogP contribution >= 0.6 is 31.9 Å². The second-order valence-electron chi connectivity index (χ2n) is 3.58. The third kappa shape index (κ3) is 1.16. The summed E-state index contributed by atoms with van der Waals surface area (Å²) in [6, 6.07) is 10.6. The van der Waals surface area contributed by atoms with Crippen molar-refractivity contribution in [1.29, 1.82) is 0 Å². The zero-order valence-corrected chi connectivity index (χ0v) is 10.0. The zero-order chi connectivity index (χ0) is 8.82. The molecule has 0 heterocycles. The molecule has 0 aromatic heterocycles. The van der Waals surface area contributed by atoms with Gasteiger partial charge >= 0.3 is 0 Å². The fraction of sp³-hybridized carbons (Fsp3) is 0.400. The van der Waals surface area contributed by atoms with Crippen LogP contribution in [0.5, 0.6) is 0 Å². The molecule has 64 valence electrons. The lowest BCUT2D eigenvalue weighted by molar-refractivity contribution is 0.787. The van der Waals surface area contributed by atoms with Crippen LogP contribution in [-0.4, -0.2) is 3.23 Å². The highest BCUT2D eigenvalue weighted by Crippen LogP contribution is 2.66. The van der Waals surface area contributed by atoms with Crippen molar-refractivity contribution >= 4 is 31.9 Å². The van der Waals surface area contributed by atoms with Gasteiger partial charge in [0.2, 0.25) is 0 Å². The van der Waals surface area contributed by atoms with Crippen molar-refractivity contribution in [2.45, 2.75) is 22.0 Å². The van der Waals surface area contributed by atoms with E-state index >= 15 is 0 Å². The quantitative estimate of drug-likeness (QED) is 0.689. The van der Waals surface area contributed by atoms with Gasteiger partial charge in [-0.15, -0.1) is 0 Å². The van der Waals surface area contributed by atoms with Crippen molar-refractivity contribution < 1.29 is 0 Å². The fourth-order valence-electron chi connectivity index (χ4n) is 1.52. The molecular weight excluding hydrogens is 280 g/mol. The number of alkyl halides is 2. The van der Waals surface area contributed by atoms with Crippen molar-refractivity contribution in [2.24, 2.45) is 0 Å². The lowest BCUT2D eigenvalue weighted by Gasteiger charge is -2.11. The van der Waals surface area contributed by atoms with Gasteiger partial charge in [-0.2, -0.15) is 0 Å². The van der Waals surface area contributed by atoms with E-state index in [1.165, 1.54) is 5.56 Å². The number of halogens is 2. The van der Waals surface area contributed by atoms with Gasteiger partial charge < -0.3 is 0 Å². The Morgan fingerprint density at radius 1 is 1.17 bits per heavy atom. The van der Waals surface area contributed by atoms with Gasteiger partial charge in [0.05, 0.1) is 3.23 Å². The highest BCUT2D eigenvalue weighted by Gasteiger charge is 2.62. The number of hydrogen-bond acceptors (Lipinski definition) is 0. The Morgan fingerprint density at radius 2 is 1.67 bits per heavy atom. The Hall–Kier alpha value is 0.180. The Labute approximate surface area is 89.6 Å². The monoisotopic (exact) mass is 288 g/mol. The molecule has 0 nitrogen and oxygen atoms in total. The van der Waals surface area contributed by atoms with E-state index in [0.717, 1.165) is 6.42 Å². The highest BCUT2D eigenvalue weighted by molar-refractivity contribution is 9.25. The Morgan fingerprint density at radius 3 is 2.08 bits per heavy atom. The maximum atomic E-state index is 3.66. The summed E-state index contributed by atoms with van der Waals surface area (Å²) in [7, 11) is 0. The molecule has 1 atom stereocenters. The summed E-state index contributed by atoms with van der Waals surface area (Å²) in [6.45, 7) is 2.27. The highest BCUT2D eigenvalue weighted by atomic mass is 79.9. The summed E-state index contributed by atoms with van der Waals surface area (Å²) >= 11 is 7.32. The summed E-state index contributed by atoms with van der Waals surface area (Å²) in [4.78, 5) is 0. The molecule has 2 rings (SSSR count). The molecule has 0 aliphatic heterocycles. The minimum absolute atomic E-state index is 0.133. The number of benzene rings is 1. The lowest BCUT2D eigenvalue weighted by atomic mass is 9.99. The van der Waals surface area contributed by atoms with E-state index in [0.29, 0.717) is 0 Å². The maximum absolute atomic E-state index is 3.66. The second kappa shape index (κ2) is 2.58. The fourth-order valence-corrected chi connectivity index (χ4v) is 3.10. The maximum Gasteiger partial charge on any atom is 0.0908 e. The second-order valence-corrected chi connectivity index (χ2v) is 7.35. The molecular formula is C10H10Br2. The minimum Gasteiger partial charge on any atom is -0.0717 e. The Balaban J connectivity index is 2.35. The van der Waals surface area contributed by atoms with E-state index in [1.807, 2.05) is 0 Å². The average Bonchev–Trinajstić information content (AvgIpc) is 2.55. The first-order valence-corrected chi connectivity index (χ1v) is 5.58. The Bertz CT molecular complexity index is 292. The smallest absolute Gasteiger partial charge is 0.0717 e. The van der Waals surface area contributed by atoms with E-state index in [4.69, 9.17) is 0 Å². The topological polar surface area (TPSA) is 0 Å². The minimum atomic E-state index is 0.133. The van der Waals surface area contributed by atoms with E-state index in [1.54, 1.807) is 0 Å². The van der Waals surface area contributed by atoms with Crippen LogP contribution in [0, 0.1) is 0 Å². The molecule has 1 fully saturated rings. The van der Waals surface area contributed by atoms with Gasteiger partial charge in [0.15, 0.2) is 0 Å². The Kier molecular flexibility index (Phi) is 1.89. The molecule has 0 spiro atoms. The molecule has 1 aliphatic carbocycles. The van der Waals surface area contributed by atoms with Gasteiger partial charge in [-0.1, -0.05) is 69.1 Å². The molecule has 1 aromatic carbocycles. The SMILES string of the molecule is C[C@]1(c2ccccc2)CC1(Br)Br. The molecule has 0 N–H and O–H groups in total. The van der Waals surface area contributed by atoms with E-state index in [9.17, 15) is 0 Å². The van der Waals surface area contributed by atoms with Crippen molar-refractivity contribution in [3.63, 3.8) is 0 Å². The third-order valence-corrected chi connectivity index (χ3v) is 4.98. The first-order chi connectivity index (χ1) is 5.56. The summed E-state index contributed by atoms with van der Waals surface area (Å²) in [5, 5.41) is 0. The lowest BCUT2D eigenvalue weighted by Crippen LogP contribution is -2.08. The van der Waals surface area contributed by atoms with Crippen LogP contribution < -0.4 is 0 Å². The first-order valence-electron chi connectivity index (χ1n) is 4.00. The molecule has 1 aromatic rings. The molecule has 0 bridgehead atoms. The summed E-state index contributed by atoms with van der Waals surface area (Å²) in [6.07, 6.45) is 1.16. The molecule has 1 aliphatic rings. The van der Waals surface area contributed by atoms with Gasteiger partial charge in [0.1, 0.15) is 0 Å². The van der Waals surface area contributed by atoms with E-state index < -0.39 is 0 Å². The predicted octanol–water partition coefficient (Wildman–Crippen LogP) is 3.83. The number of rotatable bonds is 1. The van der Waals surface area contributed by atoms with Crippen molar-refractivity contribution in [3.8, 4) is 0 Å². The van der Waals surface area contributed by atoms with Gasteiger partial charge in [0, 0.05) is 5.41 Å². The molecule has 0 amide bonds. The van der Waals surface area contributed by atoms with E-state index in [2.05, 4.69) is 69.1 Å². The standard InChI is InChI=1S/C10H10Br2/c1-9(7-10(9,11)12)8-5-3-2-4-6-8/h2-6H,7H2,1H3/t9-/m1/s1. The van der Waals surface area contributed by atoms with Crippen LogP contribution in [0.1, 0.15) is 18.9 Å². The summed E-state index contributed by atoms with van der Waals surface area (Å²) in [5.41, 5.74) is 1.67. The number of hydrogen-bond donors (Lipinski definition) is 0. The van der Waals surface area contributed by atoms with E-state index in [-0.39, 0.29) is 8.65 Å². The van der Waals surface area contributed by atoms with Gasteiger partial charge in [0.25, 0.3) is 0 Å². The average molecular weight is 290 g/mol. The van der Waals surface area contributed by atoms with Crippen LogP contribution in [-0.2, 0) is 5.41 Å². The van der Waals surface area contributed by atoms with Crippen molar-refractivity contribution in [1.82, 2.24) is 0 Å². The molecule has 2 heteroatoms. The van der Waals surface area contributed by atoms with Crippen LogP contribution in [0.4, 0.5) is 0 Å².